The molecule has 0 radical (unpaired) electrons. The minimum atomic E-state index is -3.20. The zero-order valence-electron chi connectivity index (χ0n) is 16.1. The number of rotatable bonds is 4. The van der Waals surface area contributed by atoms with Crippen LogP contribution in [0.5, 0.6) is 0 Å². The molecule has 8 nitrogen and oxygen atoms in total. The summed E-state index contributed by atoms with van der Waals surface area (Å²) in [6.07, 6.45) is 2.26. The molecular weight excluding hydrogens is 376 g/mol. The fraction of sp³-hybridized carbons (Fsp3) is 0.526. The summed E-state index contributed by atoms with van der Waals surface area (Å²) < 4.78 is 28.5. The molecule has 1 saturated carbocycles. The van der Waals surface area contributed by atoms with Gasteiger partial charge in [-0.15, -0.1) is 10.2 Å². The monoisotopic (exact) mass is 400 g/mol. The van der Waals surface area contributed by atoms with Crippen molar-refractivity contribution in [3.63, 3.8) is 0 Å². The maximum absolute atomic E-state index is 12.4. The molecule has 1 aliphatic heterocycles. The van der Waals surface area contributed by atoms with Gasteiger partial charge in [-0.3, -0.25) is 0 Å². The van der Waals surface area contributed by atoms with E-state index in [1.807, 2.05) is 31.2 Å². The van der Waals surface area contributed by atoms with Crippen LogP contribution >= 0.6 is 0 Å². The third kappa shape index (κ3) is 2.76. The zero-order chi connectivity index (χ0) is 19.5. The van der Waals surface area contributed by atoms with Gasteiger partial charge in [0.1, 0.15) is 5.82 Å². The highest BCUT2D eigenvalue weighted by atomic mass is 32.2. The number of hydrogen-bond donors (Lipinski definition) is 0. The number of nitrogens with zero attached hydrogens (tertiary/aromatic N) is 6. The Labute approximate surface area is 164 Å². The van der Waals surface area contributed by atoms with Gasteiger partial charge in [0.05, 0.1) is 11.3 Å². The number of sulfonamides is 1. The molecular formula is C19H24N6O2S. The van der Waals surface area contributed by atoms with Crippen LogP contribution in [0.2, 0.25) is 0 Å². The Balaban J connectivity index is 1.61. The summed E-state index contributed by atoms with van der Waals surface area (Å²) in [7, 11) is -3.20. The Morgan fingerprint density at radius 3 is 2.64 bits per heavy atom. The van der Waals surface area contributed by atoms with Crippen LogP contribution in [0.1, 0.15) is 38.4 Å². The number of anilines is 1. The highest BCUT2D eigenvalue weighted by molar-refractivity contribution is 7.89. The Bertz CT molecular complexity index is 1150. The van der Waals surface area contributed by atoms with E-state index in [0.717, 1.165) is 41.2 Å². The number of benzene rings is 1. The van der Waals surface area contributed by atoms with Gasteiger partial charge in [-0.25, -0.2) is 17.8 Å². The van der Waals surface area contributed by atoms with E-state index in [1.54, 1.807) is 11.2 Å². The van der Waals surface area contributed by atoms with E-state index in [2.05, 4.69) is 19.5 Å². The minimum Gasteiger partial charge on any atom is -0.339 e. The molecule has 148 valence electrons. The molecule has 2 aliphatic rings. The molecule has 28 heavy (non-hydrogen) atoms. The second-order valence-electron chi connectivity index (χ2n) is 7.73. The van der Waals surface area contributed by atoms with Crippen molar-refractivity contribution in [1.29, 1.82) is 0 Å². The summed E-state index contributed by atoms with van der Waals surface area (Å²) in [5.74, 6) is 2.36. The molecule has 1 aromatic carbocycles. The predicted molar refractivity (Wildman–Crippen MR) is 108 cm³/mol. The van der Waals surface area contributed by atoms with E-state index in [-0.39, 0.29) is 11.8 Å². The third-order valence-electron chi connectivity index (χ3n) is 5.77. The summed E-state index contributed by atoms with van der Waals surface area (Å²) in [5.41, 5.74) is 1.72. The van der Waals surface area contributed by atoms with Crippen LogP contribution in [0.3, 0.4) is 0 Å². The molecule has 3 heterocycles. The largest absolute Gasteiger partial charge is 0.339 e. The second kappa shape index (κ2) is 6.38. The lowest BCUT2D eigenvalue weighted by Crippen LogP contribution is -2.54. The molecule has 9 heteroatoms. The molecule has 0 amide bonds. The Morgan fingerprint density at radius 1 is 1.14 bits per heavy atom. The van der Waals surface area contributed by atoms with Gasteiger partial charge < -0.3 is 4.90 Å². The second-order valence-corrected chi connectivity index (χ2v) is 9.94. The average molecular weight is 401 g/mol. The molecule has 1 unspecified atom stereocenters. The lowest BCUT2D eigenvalue weighted by molar-refractivity contribution is 0.305. The maximum Gasteiger partial charge on any atom is 0.214 e. The van der Waals surface area contributed by atoms with Crippen LogP contribution in [-0.2, 0) is 10.0 Å². The van der Waals surface area contributed by atoms with Gasteiger partial charge in [0.25, 0.3) is 0 Å². The van der Waals surface area contributed by atoms with E-state index in [1.165, 1.54) is 0 Å². The fourth-order valence-electron chi connectivity index (χ4n) is 4.11. The summed E-state index contributed by atoms with van der Waals surface area (Å²) in [5, 5.41) is 9.97. The standard InChI is InChI=1S/C19H24N6O2S/c1-3-28(26,27)24-11-10-23(12-13(24)2)19-20-16-7-5-4-6-15(16)18-22-21-17(25(18)19)14-8-9-14/h4-7,13-14H,3,8-12H2,1-2H3. The zero-order valence-corrected chi connectivity index (χ0v) is 16.9. The molecule has 2 fully saturated rings. The van der Waals surface area contributed by atoms with Crippen molar-refractivity contribution in [2.45, 2.75) is 38.6 Å². The van der Waals surface area contributed by atoms with Crippen LogP contribution in [0.15, 0.2) is 24.3 Å². The number of piperazine rings is 1. The molecule has 5 rings (SSSR count). The number of fused-ring (bicyclic) bond motifs is 3. The third-order valence-corrected chi connectivity index (χ3v) is 7.75. The number of para-hydroxylation sites is 1. The quantitative estimate of drug-likeness (QED) is 0.666. The number of hydrogen-bond acceptors (Lipinski definition) is 6. The normalized spacial score (nSPS) is 21.6. The minimum absolute atomic E-state index is 0.108. The topological polar surface area (TPSA) is 83.7 Å². The Morgan fingerprint density at radius 2 is 1.93 bits per heavy atom. The molecule has 0 spiro atoms. The smallest absolute Gasteiger partial charge is 0.214 e. The van der Waals surface area contributed by atoms with Crippen LogP contribution < -0.4 is 4.90 Å². The lowest BCUT2D eigenvalue weighted by Gasteiger charge is -2.39. The highest BCUT2D eigenvalue weighted by Crippen LogP contribution is 2.40. The summed E-state index contributed by atoms with van der Waals surface area (Å²) in [6, 6.07) is 7.88. The van der Waals surface area contributed by atoms with Crippen LogP contribution in [0, 0.1) is 0 Å². The summed E-state index contributed by atoms with van der Waals surface area (Å²) >= 11 is 0. The van der Waals surface area contributed by atoms with Crippen molar-refractivity contribution in [3.05, 3.63) is 30.1 Å². The van der Waals surface area contributed by atoms with Gasteiger partial charge in [0.15, 0.2) is 5.65 Å². The number of aromatic nitrogens is 4. The van der Waals surface area contributed by atoms with E-state index >= 15 is 0 Å². The first-order chi connectivity index (χ1) is 13.5. The first kappa shape index (κ1) is 17.8. The Hall–Kier alpha value is -2.26. The lowest BCUT2D eigenvalue weighted by atomic mass is 10.2. The van der Waals surface area contributed by atoms with Crippen LogP contribution in [0.25, 0.3) is 16.6 Å². The summed E-state index contributed by atoms with van der Waals surface area (Å²) in [4.78, 5) is 7.13. The van der Waals surface area contributed by atoms with E-state index in [9.17, 15) is 8.42 Å². The maximum atomic E-state index is 12.4. The van der Waals surface area contributed by atoms with Crippen molar-refractivity contribution < 1.29 is 8.42 Å². The highest BCUT2D eigenvalue weighted by Gasteiger charge is 2.35. The average Bonchev–Trinajstić information content (AvgIpc) is 3.45. The molecule has 2 aromatic heterocycles. The van der Waals surface area contributed by atoms with Gasteiger partial charge in [0.2, 0.25) is 16.0 Å². The van der Waals surface area contributed by atoms with E-state index in [0.29, 0.717) is 25.6 Å². The van der Waals surface area contributed by atoms with Gasteiger partial charge >= 0.3 is 0 Å². The van der Waals surface area contributed by atoms with Crippen LogP contribution in [-0.4, -0.2) is 63.7 Å². The van der Waals surface area contributed by atoms with Gasteiger partial charge in [-0.05, 0) is 38.8 Å². The van der Waals surface area contributed by atoms with E-state index in [4.69, 9.17) is 4.98 Å². The molecule has 1 saturated heterocycles. The molecule has 3 aromatic rings. The van der Waals surface area contributed by atoms with Crippen molar-refractivity contribution in [2.24, 2.45) is 0 Å². The first-order valence-electron chi connectivity index (χ1n) is 9.88. The SMILES string of the molecule is CCS(=O)(=O)N1CCN(c2nc3ccccc3c3nnc(C4CC4)n23)CC1C. The summed E-state index contributed by atoms with van der Waals surface area (Å²) in [6.45, 7) is 5.33. The first-order valence-corrected chi connectivity index (χ1v) is 11.5. The van der Waals surface area contributed by atoms with Gasteiger partial charge in [-0.1, -0.05) is 12.1 Å². The molecule has 0 bridgehead atoms. The molecule has 0 N–H and O–H groups in total. The van der Waals surface area contributed by atoms with Crippen molar-refractivity contribution >= 4 is 32.5 Å². The molecule has 1 aliphatic carbocycles. The fourth-order valence-corrected chi connectivity index (χ4v) is 5.41. The predicted octanol–water partition coefficient (Wildman–Crippen LogP) is 2.02. The Kier molecular flexibility index (Phi) is 4.06. The van der Waals surface area contributed by atoms with E-state index < -0.39 is 10.0 Å². The van der Waals surface area contributed by atoms with Gasteiger partial charge in [0, 0.05) is 37.0 Å². The van der Waals surface area contributed by atoms with Crippen molar-refractivity contribution in [3.8, 4) is 0 Å². The van der Waals surface area contributed by atoms with Crippen LogP contribution in [0.4, 0.5) is 5.95 Å². The van der Waals surface area contributed by atoms with Crippen molar-refractivity contribution in [1.82, 2.24) is 23.9 Å². The molecule has 1 atom stereocenters. The van der Waals surface area contributed by atoms with Crippen molar-refractivity contribution in [2.75, 3.05) is 30.3 Å². The van der Waals surface area contributed by atoms with Gasteiger partial charge in [-0.2, -0.15) is 4.31 Å².